The van der Waals surface area contributed by atoms with E-state index in [1.54, 1.807) is 12.1 Å². The third-order valence-electron chi connectivity index (χ3n) is 5.16. The molecule has 5 N–H and O–H groups in total. The number of para-hydroxylation sites is 1. The Bertz CT molecular complexity index is 905. The topological polar surface area (TPSA) is 91.5 Å². The molecular formula is C20H22ClN5O. The van der Waals surface area contributed by atoms with Crippen molar-refractivity contribution in [2.24, 2.45) is 10.7 Å². The zero-order valence-electron chi connectivity index (χ0n) is 14.9. The predicted molar refractivity (Wildman–Crippen MR) is 109 cm³/mol. The van der Waals surface area contributed by atoms with Crippen LogP contribution in [0.15, 0.2) is 47.5 Å². The first-order valence-corrected chi connectivity index (χ1v) is 9.44. The maximum Gasteiger partial charge on any atom is 0.250 e. The summed E-state index contributed by atoms with van der Waals surface area (Å²) in [6, 6.07) is 13.2. The number of amidine groups is 1. The van der Waals surface area contributed by atoms with E-state index >= 15 is 0 Å². The molecule has 2 aromatic carbocycles. The maximum absolute atomic E-state index is 11.9. The molecule has 0 unspecified atom stereocenters. The Labute approximate surface area is 163 Å². The zero-order chi connectivity index (χ0) is 18.9. The molecule has 2 aliphatic rings. The lowest BCUT2D eigenvalue weighted by Gasteiger charge is -2.43. The molecule has 1 spiro atoms. The van der Waals surface area contributed by atoms with Gasteiger partial charge in [0.05, 0.1) is 22.5 Å². The Morgan fingerprint density at radius 2 is 2.00 bits per heavy atom. The largest absolute Gasteiger partial charge is 0.370 e. The lowest BCUT2D eigenvalue weighted by Crippen LogP contribution is -2.58. The van der Waals surface area contributed by atoms with E-state index in [9.17, 15) is 4.79 Å². The van der Waals surface area contributed by atoms with Gasteiger partial charge in [0, 0.05) is 11.6 Å². The highest BCUT2D eigenvalue weighted by atomic mass is 35.5. The molecule has 1 amide bonds. The first kappa shape index (κ1) is 17.8. The fourth-order valence-electron chi connectivity index (χ4n) is 3.75. The smallest absolute Gasteiger partial charge is 0.250 e. The van der Waals surface area contributed by atoms with Crippen LogP contribution < -0.4 is 21.7 Å². The molecule has 0 radical (unpaired) electrons. The van der Waals surface area contributed by atoms with Gasteiger partial charge in [-0.1, -0.05) is 29.8 Å². The van der Waals surface area contributed by atoms with Crippen molar-refractivity contribution < 1.29 is 4.79 Å². The molecular weight excluding hydrogens is 362 g/mol. The number of piperidine rings is 1. The molecule has 2 heterocycles. The standard InChI is InChI=1S/C20H22ClN5O/c21-14-4-1-3-13(11-14)12-24-19-20(7-9-23-10-8-20)26-17-15(18(22)27)5-2-6-16(17)25-19/h1-6,11,23,26H,7-10,12H2,(H2,22,27)(H,24,25). The molecule has 0 bridgehead atoms. The number of carbonyl (C=O) groups is 1. The van der Waals surface area contributed by atoms with Crippen LogP contribution in [0.5, 0.6) is 0 Å². The first-order valence-electron chi connectivity index (χ1n) is 9.07. The highest BCUT2D eigenvalue weighted by Crippen LogP contribution is 2.39. The van der Waals surface area contributed by atoms with Gasteiger partial charge >= 0.3 is 0 Å². The van der Waals surface area contributed by atoms with E-state index in [4.69, 9.17) is 22.3 Å². The highest BCUT2D eigenvalue weighted by Gasteiger charge is 2.41. The summed E-state index contributed by atoms with van der Waals surface area (Å²) in [5.41, 5.74) is 8.24. The molecule has 6 nitrogen and oxygen atoms in total. The Hall–Kier alpha value is -2.57. The average molecular weight is 384 g/mol. The molecule has 4 rings (SSSR count). The molecule has 27 heavy (non-hydrogen) atoms. The number of hydrogen-bond acceptors (Lipinski definition) is 5. The van der Waals surface area contributed by atoms with Crippen LogP contribution in [-0.2, 0) is 6.54 Å². The van der Waals surface area contributed by atoms with Gasteiger partial charge in [0.2, 0.25) is 0 Å². The Kier molecular flexibility index (Phi) is 4.76. The molecule has 140 valence electrons. The van der Waals surface area contributed by atoms with E-state index in [-0.39, 0.29) is 5.54 Å². The van der Waals surface area contributed by atoms with Crippen LogP contribution in [0.4, 0.5) is 11.4 Å². The van der Waals surface area contributed by atoms with Crippen LogP contribution in [0.25, 0.3) is 0 Å². The Morgan fingerprint density at radius 3 is 2.74 bits per heavy atom. The number of amides is 1. The summed E-state index contributed by atoms with van der Waals surface area (Å²) in [7, 11) is 0. The van der Waals surface area contributed by atoms with Gasteiger partial charge in [-0.25, -0.2) is 4.99 Å². The fourth-order valence-corrected chi connectivity index (χ4v) is 3.97. The third kappa shape index (κ3) is 3.50. The first-order chi connectivity index (χ1) is 13.1. The fraction of sp³-hybridized carbons (Fsp3) is 0.300. The molecule has 0 aromatic heterocycles. The minimum atomic E-state index is -0.450. The van der Waals surface area contributed by atoms with Crippen molar-refractivity contribution in [3.8, 4) is 0 Å². The third-order valence-corrected chi connectivity index (χ3v) is 5.40. The van der Waals surface area contributed by atoms with Crippen molar-refractivity contribution in [2.75, 3.05) is 18.4 Å². The van der Waals surface area contributed by atoms with Crippen LogP contribution in [0.1, 0.15) is 28.8 Å². The number of aliphatic imine (C=N–C) groups is 1. The predicted octanol–water partition coefficient (Wildman–Crippen LogP) is 2.81. The quantitative estimate of drug-likeness (QED) is 0.655. The van der Waals surface area contributed by atoms with E-state index in [0.717, 1.165) is 48.7 Å². The number of rotatable bonds is 3. The normalized spacial score (nSPS) is 17.6. The summed E-state index contributed by atoms with van der Waals surface area (Å²) in [6.45, 7) is 2.37. The number of fused-ring (bicyclic) bond motifs is 1. The second-order valence-electron chi connectivity index (χ2n) is 6.96. The van der Waals surface area contributed by atoms with Crippen molar-refractivity contribution in [3.63, 3.8) is 0 Å². The second-order valence-corrected chi connectivity index (χ2v) is 7.40. The van der Waals surface area contributed by atoms with Crippen LogP contribution in [0.3, 0.4) is 0 Å². The van der Waals surface area contributed by atoms with Gasteiger partial charge in [0.25, 0.3) is 5.91 Å². The van der Waals surface area contributed by atoms with E-state index < -0.39 is 5.91 Å². The number of hydrogen-bond donors (Lipinski definition) is 4. The minimum absolute atomic E-state index is 0.345. The SMILES string of the molecule is NC(=O)c1cccc2c1NC1(CCNCC1)C(NCc1cccc(Cl)c1)=N2. The van der Waals surface area contributed by atoms with Crippen LogP contribution in [-0.4, -0.2) is 30.4 Å². The molecule has 7 heteroatoms. The number of benzene rings is 2. The summed E-state index contributed by atoms with van der Waals surface area (Å²) in [4.78, 5) is 16.7. The molecule has 0 atom stereocenters. The second kappa shape index (κ2) is 7.21. The summed E-state index contributed by atoms with van der Waals surface area (Å²) in [5, 5.41) is 11.2. The number of primary amides is 1. The van der Waals surface area contributed by atoms with E-state index in [2.05, 4.69) is 16.0 Å². The molecule has 1 fully saturated rings. The lowest BCUT2D eigenvalue weighted by molar-refractivity contribution is 0.100. The Balaban J connectivity index is 1.70. The van der Waals surface area contributed by atoms with Crippen molar-refractivity contribution in [1.29, 1.82) is 0 Å². The monoisotopic (exact) mass is 383 g/mol. The Morgan fingerprint density at radius 1 is 1.22 bits per heavy atom. The maximum atomic E-state index is 11.9. The van der Waals surface area contributed by atoms with Crippen molar-refractivity contribution in [1.82, 2.24) is 10.6 Å². The van der Waals surface area contributed by atoms with Gasteiger partial charge in [-0.3, -0.25) is 4.79 Å². The number of nitrogens with two attached hydrogens (primary N) is 1. The van der Waals surface area contributed by atoms with Crippen molar-refractivity contribution in [2.45, 2.75) is 24.9 Å². The average Bonchev–Trinajstić information content (AvgIpc) is 2.66. The number of carbonyl (C=O) groups excluding carboxylic acids is 1. The van der Waals surface area contributed by atoms with Gasteiger partial charge in [0.1, 0.15) is 5.84 Å². The molecule has 2 aliphatic heterocycles. The molecule has 2 aromatic rings. The van der Waals surface area contributed by atoms with Crippen molar-refractivity contribution in [3.05, 3.63) is 58.6 Å². The van der Waals surface area contributed by atoms with Crippen molar-refractivity contribution >= 4 is 34.7 Å². The summed E-state index contributed by atoms with van der Waals surface area (Å²) >= 11 is 6.10. The van der Waals surface area contributed by atoms with Crippen LogP contribution in [0.2, 0.25) is 5.02 Å². The number of halogens is 1. The number of nitrogens with one attached hydrogen (secondary N) is 3. The van der Waals surface area contributed by atoms with Gasteiger partial charge in [-0.05, 0) is 55.8 Å². The highest BCUT2D eigenvalue weighted by molar-refractivity contribution is 6.30. The van der Waals surface area contributed by atoms with Crippen LogP contribution >= 0.6 is 11.6 Å². The minimum Gasteiger partial charge on any atom is -0.370 e. The van der Waals surface area contributed by atoms with Gasteiger partial charge in [0.15, 0.2) is 0 Å². The number of anilines is 1. The summed E-state index contributed by atoms with van der Waals surface area (Å²) in [6.07, 6.45) is 1.72. The van der Waals surface area contributed by atoms with Crippen LogP contribution in [0, 0.1) is 0 Å². The summed E-state index contributed by atoms with van der Waals surface area (Å²) < 4.78 is 0. The number of nitrogens with zero attached hydrogens (tertiary/aromatic N) is 1. The van der Waals surface area contributed by atoms with Gasteiger partial charge in [-0.2, -0.15) is 0 Å². The van der Waals surface area contributed by atoms with Gasteiger partial charge in [-0.15, -0.1) is 0 Å². The van der Waals surface area contributed by atoms with E-state index in [1.165, 1.54) is 0 Å². The molecule has 0 aliphatic carbocycles. The van der Waals surface area contributed by atoms with E-state index in [0.29, 0.717) is 17.1 Å². The lowest BCUT2D eigenvalue weighted by atomic mass is 9.84. The zero-order valence-corrected chi connectivity index (χ0v) is 15.6. The molecule has 1 saturated heterocycles. The van der Waals surface area contributed by atoms with E-state index in [1.807, 2.05) is 30.3 Å². The molecule has 0 saturated carbocycles. The summed E-state index contributed by atoms with van der Waals surface area (Å²) in [5.74, 6) is 0.437. The van der Waals surface area contributed by atoms with Gasteiger partial charge < -0.3 is 21.7 Å².